The van der Waals surface area contributed by atoms with Crippen molar-refractivity contribution in [3.05, 3.63) is 72.1 Å². The highest BCUT2D eigenvalue weighted by Crippen LogP contribution is 2.29. The summed E-state index contributed by atoms with van der Waals surface area (Å²) in [4.78, 5) is 12.3. The second-order valence-electron chi connectivity index (χ2n) is 6.69. The van der Waals surface area contributed by atoms with Gasteiger partial charge in [0.25, 0.3) is 0 Å². The Kier molecular flexibility index (Phi) is 3.94. The van der Waals surface area contributed by atoms with Gasteiger partial charge in [-0.1, -0.05) is 6.07 Å². The molecule has 2 N–H and O–H groups in total. The summed E-state index contributed by atoms with van der Waals surface area (Å²) in [6, 6.07) is 3.81. The summed E-state index contributed by atoms with van der Waals surface area (Å²) in [6.45, 7) is 1.91. The number of fused-ring (bicyclic) bond motifs is 1. The van der Waals surface area contributed by atoms with Gasteiger partial charge in [0, 0.05) is 40.3 Å². The molecule has 5 rings (SSSR count). The second kappa shape index (κ2) is 6.62. The van der Waals surface area contributed by atoms with Crippen molar-refractivity contribution >= 4 is 11.2 Å². The molecule has 0 bridgehead atoms. The fourth-order valence-corrected chi connectivity index (χ4v) is 3.28. The van der Waals surface area contributed by atoms with Gasteiger partial charge in [-0.2, -0.15) is 10.2 Å². The Morgan fingerprint density at radius 2 is 1.90 bits per heavy atom. The van der Waals surface area contributed by atoms with Crippen LogP contribution in [0.2, 0.25) is 0 Å². The predicted molar refractivity (Wildman–Crippen MR) is 103 cm³/mol. The molecule has 0 unspecified atom stereocenters. The van der Waals surface area contributed by atoms with Crippen molar-refractivity contribution in [2.45, 2.75) is 13.5 Å². The van der Waals surface area contributed by atoms with Crippen LogP contribution in [0.5, 0.6) is 0 Å². The van der Waals surface area contributed by atoms with Crippen LogP contribution < -0.4 is 0 Å². The zero-order valence-electron chi connectivity index (χ0n) is 15.3. The number of rotatable bonds is 4. The number of nitrogens with zero attached hydrogens (tertiary/aromatic N) is 5. The highest BCUT2D eigenvalue weighted by Gasteiger charge is 2.15. The number of aromatic amines is 2. The molecular weight excluding hydrogens is 376 g/mol. The first-order valence-electron chi connectivity index (χ1n) is 8.90. The van der Waals surface area contributed by atoms with Gasteiger partial charge < -0.3 is 4.98 Å². The van der Waals surface area contributed by atoms with Crippen LogP contribution in [0.25, 0.3) is 33.5 Å². The van der Waals surface area contributed by atoms with Gasteiger partial charge in [-0.15, -0.1) is 0 Å². The first kappa shape index (κ1) is 17.2. The minimum atomic E-state index is -0.597. The molecule has 4 heterocycles. The summed E-state index contributed by atoms with van der Waals surface area (Å²) in [5.41, 5.74) is 5.33. The second-order valence-corrected chi connectivity index (χ2v) is 6.69. The average molecular weight is 391 g/mol. The Morgan fingerprint density at radius 3 is 2.66 bits per heavy atom. The van der Waals surface area contributed by atoms with Crippen LogP contribution in [0.4, 0.5) is 8.78 Å². The Labute approximate surface area is 163 Å². The molecule has 0 saturated carbocycles. The van der Waals surface area contributed by atoms with E-state index < -0.39 is 11.6 Å². The van der Waals surface area contributed by atoms with Crippen LogP contribution in [0.3, 0.4) is 0 Å². The largest absolute Gasteiger partial charge is 0.344 e. The molecule has 0 atom stereocenters. The fraction of sp³-hybridized carbons (Fsp3) is 0.100. The van der Waals surface area contributed by atoms with Gasteiger partial charge in [-0.3, -0.25) is 9.78 Å². The lowest BCUT2D eigenvalue weighted by molar-refractivity contribution is 0.533. The lowest BCUT2D eigenvalue weighted by Crippen LogP contribution is -2.04. The van der Waals surface area contributed by atoms with E-state index in [-0.39, 0.29) is 12.1 Å². The Balaban J connectivity index is 1.52. The van der Waals surface area contributed by atoms with Crippen molar-refractivity contribution in [3.8, 4) is 22.4 Å². The maximum absolute atomic E-state index is 13.9. The molecule has 0 spiro atoms. The number of nitrogens with one attached hydrogen (secondary N) is 2. The van der Waals surface area contributed by atoms with Crippen molar-refractivity contribution in [2.75, 3.05) is 0 Å². The maximum atomic E-state index is 13.9. The average Bonchev–Trinajstić information content (AvgIpc) is 3.43. The first-order valence-corrected chi connectivity index (χ1v) is 8.90. The van der Waals surface area contributed by atoms with Gasteiger partial charge >= 0.3 is 0 Å². The number of benzene rings is 1. The summed E-state index contributed by atoms with van der Waals surface area (Å²) in [6.07, 6.45) is 8.55. The van der Waals surface area contributed by atoms with Crippen LogP contribution in [0, 0.1) is 18.6 Å². The normalized spacial score (nSPS) is 11.4. The van der Waals surface area contributed by atoms with Gasteiger partial charge in [0.1, 0.15) is 17.2 Å². The molecule has 0 saturated heterocycles. The quantitative estimate of drug-likeness (QED) is 0.487. The molecule has 29 heavy (non-hydrogen) atoms. The van der Waals surface area contributed by atoms with Crippen molar-refractivity contribution in [2.24, 2.45) is 0 Å². The number of aromatic nitrogens is 7. The summed E-state index contributed by atoms with van der Waals surface area (Å²) < 4.78 is 29.3. The molecule has 9 heteroatoms. The van der Waals surface area contributed by atoms with Crippen LogP contribution in [0.15, 0.2) is 49.2 Å². The number of hydrogen-bond donors (Lipinski definition) is 2. The van der Waals surface area contributed by atoms with E-state index in [1.807, 2.05) is 6.92 Å². The van der Waals surface area contributed by atoms with Crippen molar-refractivity contribution < 1.29 is 8.78 Å². The van der Waals surface area contributed by atoms with E-state index in [9.17, 15) is 8.78 Å². The van der Waals surface area contributed by atoms with Gasteiger partial charge in [0.05, 0.1) is 30.8 Å². The lowest BCUT2D eigenvalue weighted by Gasteiger charge is -2.04. The van der Waals surface area contributed by atoms with Gasteiger partial charge in [-0.05, 0) is 19.1 Å². The number of H-pyrrole nitrogens is 2. The minimum absolute atomic E-state index is 0.00793. The maximum Gasteiger partial charge on any atom is 0.156 e. The highest BCUT2D eigenvalue weighted by molar-refractivity contribution is 5.91. The van der Waals surface area contributed by atoms with Crippen molar-refractivity contribution in [1.29, 1.82) is 0 Å². The summed E-state index contributed by atoms with van der Waals surface area (Å²) in [5.74, 6) is -1.19. The zero-order valence-corrected chi connectivity index (χ0v) is 15.3. The molecule has 0 amide bonds. The third kappa shape index (κ3) is 2.96. The third-order valence-corrected chi connectivity index (χ3v) is 4.81. The molecule has 0 aliphatic heterocycles. The Bertz CT molecular complexity index is 1310. The SMILES string of the molecule is Cc1[nH]ncc1-c1cnc2[nH]cc(-c3cnn(Cc4c(F)cccc4F)c3)c2n1. The van der Waals surface area contributed by atoms with E-state index in [1.54, 1.807) is 31.0 Å². The molecular formula is C20H15F2N7. The molecule has 1 aromatic carbocycles. The van der Waals surface area contributed by atoms with Crippen LogP contribution >= 0.6 is 0 Å². The highest BCUT2D eigenvalue weighted by atomic mass is 19.1. The Morgan fingerprint density at radius 1 is 1.07 bits per heavy atom. The molecule has 4 aromatic heterocycles. The van der Waals surface area contributed by atoms with Gasteiger partial charge in [0.2, 0.25) is 0 Å². The van der Waals surface area contributed by atoms with Gasteiger partial charge in [-0.25, -0.2) is 18.7 Å². The van der Waals surface area contributed by atoms with Crippen LogP contribution in [-0.2, 0) is 6.54 Å². The first-order chi connectivity index (χ1) is 14.1. The van der Waals surface area contributed by atoms with E-state index >= 15 is 0 Å². The standard InChI is InChI=1S/C20H15F2N7/c1-11-13(7-25-28-11)18-8-24-20-19(27-18)14(6-23-20)12-5-26-29(9-12)10-15-16(21)3-2-4-17(15)22/h2-9H,10H2,1H3,(H,23,24)(H,25,28). The molecule has 0 aliphatic rings. The van der Waals surface area contributed by atoms with Gasteiger partial charge in [0.15, 0.2) is 5.65 Å². The van der Waals surface area contributed by atoms with Crippen LogP contribution in [-0.4, -0.2) is 34.9 Å². The molecule has 0 aliphatic carbocycles. The number of halogens is 2. The minimum Gasteiger partial charge on any atom is -0.344 e. The van der Waals surface area contributed by atoms with E-state index in [1.165, 1.54) is 22.9 Å². The molecule has 0 fully saturated rings. The molecule has 0 radical (unpaired) electrons. The monoisotopic (exact) mass is 391 g/mol. The molecule has 7 nitrogen and oxygen atoms in total. The summed E-state index contributed by atoms with van der Waals surface area (Å²) in [7, 11) is 0. The topological polar surface area (TPSA) is 88.1 Å². The summed E-state index contributed by atoms with van der Waals surface area (Å²) in [5, 5.41) is 11.2. The lowest BCUT2D eigenvalue weighted by atomic mass is 10.1. The van der Waals surface area contributed by atoms with E-state index in [2.05, 4.69) is 25.3 Å². The zero-order chi connectivity index (χ0) is 20.0. The number of aryl methyl sites for hydroxylation is 1. The van der Waals surface area contributed by atoms with E-state index in [0.29, 0.717) is 16.9 Å². The fourth-order valence-electron chi connectivity index (χ4n) is 3.28. The molecule has 144 valence electrons. The smallest absolute Gasteiger partial charge is 0.156 e. The van der Waals surface area contributed by atoms with Crippen LogP contribution in [0.1, 0.15) is 11.3 Å². The molecule has 5 aromatic rings. The summed E-state index contributed by atoms with van der Waals surface area (Å²) >= 11 is 0. The third-order valence-electron chi connectivity index (χ3n) is 4.81. The number of hydrogen-bond acceptors (Lipinski definition) is 4. The van der Waals surface area contributed by atoms with Crippen molar-refractivity contribution in [1.82, 2.24) is 34.9 Å². The van der Waals surface area contributed by atoms with E-state index in [0.717, 1.165) is 22.4 Å². The van der Waals surface area contributed by atoms with Crippen molar-refractivity contribution in [3.63, 3.8) is 0 Å². The predicted octanol–water partition coefficient (Wildman–Crippen LogP) is 3.85. The Hall–Kier alpha value is -3.88. The van der Waals surface area contributed by atoms with E-state index in [4.69, 9.17) is 4.98 Å².